The first-order valence-corrected chi connectivity index (χ1v) is 9.40. The molecule has 1 saturated carbocycles. The third-order valence-electron chi connectivity index (χ3n) is 4.71. The van der Waals surface area contributed by atoms with Crippen LogP contribution in [0.25, 0.3) is 0 Å². The Hall–Kier alpha value is -2.04. The minimum Gasteiger partial charge on any atom is -0.492 e. The van der Waals surface area contributed by atoms with Crippen LogP contribution < -0.4 is 10.1 Å². The van der Waals surface area contributed by atoms with E-state index in [9.17, 15) is 9.59 Å². The van der Waals surface area contributed by atoms with E-state index in [2.05, 4.69) is 5.32 Å². The summed E-state index contributed by atoms with van der Waals surface area (Å²) in [4.78, 5) is 26.3. The zero-order chi connectivity index (χ0) is 18.1. The second kappa shape index (κ2) is 10.1. The molecule has 138 valence electrons. The SMILES string of the molecule is CCOc1ccccc1NC(=O)CCN(C(C)=O)C1CCCCCC1. The van der Waals surface area contributed by atoms with Crippen LogP contribution in [0.2, 0.25) is 0 Å². The van der Waals surface area contributed by atoms with Crippen molar-refractivity contribution in [1.29, 1.82) is 0 Å². The van der Waals surface area contributed by atoms with Gasteiger partial charge in [-0.25, -0.2) is 0 Å². The number of hydrogen-bond donors (Lipinski definition) is 1. The van der Waals surface area contributed by atoms with E-state index < -0.39 is 0 Å². The number of carbonyl (C=O) groups is 2. The maximum absolute atomic E-state index is 12.3. The number of nitrogens with zero attached hydrogens (tertiary/aromatic N) is 1. The molecule has 0 atom stereocenters. The molecular weight excluding hydrogens is 316 g/mol. The van der Waals surface area contributed by atoms with Crippen LogP contribution in [0.4, 0.5) is 5.69 Å². The van der Waals surface area contributed by atoms with Crippen molar-refractivity contribution in [3.63, 3.8) is 0 Å². The molecule has 25 heavy (non-hydrogen) atoms. The highest BCUT2D eigenvalue weighted by Crippen LogP contribution is 2.25. The third-order valence-corrected chi connectivity index (χ3v) is 4.71. The van der Waals surface area contributed by atoms with E-state index >= 15 is 0 Å². The van der Waals surface area contributed by atoms with Crippen molar-refractivity contribution in [2.75, 3.05) is 18.5 Å². The van der Waals surface area contributed by atoms with E-state index in [0.717, 1.165) is 12.8 Å². The summed E-state index contributed by atoms with van der Waals surface area (Å²) < 4.78 is 5.53. The van der Waals surface area contributed by atoms with Crippen LogP contribution >= 0.6 is 0 Å². The number of benzene rings is 1. The van der Waals surface area contributed by atoms with Gasteiger partial charge < -0.3 is 15.0 Å². The lowest BCUT2D eigenvalue weighted by molar-refractivity contribution is -0.131. The van der Waals surface area contributed by atoms with Gasteiger partial charge in [-0.05, 0) is 31.9 Å². The second-order valence-electron chi connectivity index (χ2n) is 6.59. The number of carbonyl (C=O) groups excluding carboxylic acids is 2. The van der Waals surface area contributed by atoms with Crippen molar-refractivity contribution in [3.05, 3.63) is 24.3 Å². The van der Waals surface area contributed by atoms with Crippen LogP contribution in [-0.2, 0) is 9.59 Å². The van der Waals surface area contributed by atoms with Crippen LogP contribution in [0, 0.1) is 0 Å². The van der Waals surface area contributed by atoms with Crippen LogP contribution in [0.15, 0.2) is 24.3 Å². The van der Waals surface area contributed by atoms with Gasteiger partial charge in [0, 0.05) is 25.9 Å². The van der Waals surface area contributed by atoms with E-state index in [0.29, 0.717) is 31.0 Å². The lowest BCUT2D eigenvalue weighted by Crippen LogP contribution is -2.40. The third kappa shape index (κ3) is 6.07. The van der Waals surface area contributed by atoms with Gasteiger partial charge >= 0.3 is 0 Å². The molecule has 2 amide bonds. The summed E-state index contributed by atoms with van der Waals surface area (Å²) >= 11 is 0. The molecule has 0 aromatic heterocycles. The summed E-state index contributed by atoms with van der Waals surface area (Å²) in [6, 6.07) is 7.70. The number of anilines is 1. The molecule has 1 aliphatic rings. The molecule has 0 aliphatic heterocycles. The number of ether oxygens (including phenoxy) is 1. The van der Waals surface area contributed by atoms with Gasteiger partial charge in [-0.1, -0.05) is 37.8 Å². The molecule has 1 aromatic carbocycles. The minimum atomic E-state index is -0.0907. The Morgan fingerprint density at radius 3 is 2.48 bits per heavy atom. The lowest BCUT2D eigenvalue weighted by atomic mass is 10.1. The summed E-state index contributed by atoms with van der Waals surface area (Å²) in [6.07, 6.45) is 7.23. The minimum absolute atomic E-state index is 0.0643. The van der Waals surface area contributed by atoms with E-state index in [1.165, 1.54) is 25.7 Å². The van der Waals surface area contributed by atoms with Gasteiger partial charge in [0.05, 0.1) is 12.3 Å². The first kappa shape index (κ1) is 19.3. The zero-order valence-electron chi connectivity index (χ0n) is 15.4. The van der Waals surface area contributed by atoms with Gasteiger partial charge in [-0.15, -0.1) is 0 Å². The van der Waals surface area contributed by atoms with Crippen molar-refractivity contribution in [2.45, 2.75) is 64.8 Å². The van der Waals surface area contributed by atoms with Crippen LogP contribution in [0.5, 0.6) is 5.75 Å². The van der Waals surface area contributed by atoms with Crippen LogP contribution in [0.1, 0.15) is 58.8 Å². The highest BCUT2D eigenvalue weighted by atomic mass is 16.5. The van der Waals surface area contributed by atoms with Crippen molar-refractivity contribution >= 4 is 17.5 Å². The lowest BCUT2D eigenvalue weighted by Gasteiger charge is -2.30. The highest BCUT2D eigenvalue weighted by Gasteiger charge is 2.22. The van der Waals surface area contributed by atoms with E-state index in [-0.39, 0.29) is 17.9 Å². The van der Waals surface area contributed by atoms with Gasteiger partial charge in [0.2, 0.25) is 11.8 Å². The van der Waals surface area contributed by atoms with E-state index in [1.807, 2.05) is 36.1 Å². The molecule has 5 heteroatoms. The zero-order valence-corrected chi connectivity index (χ0v) is 15.4. The Morgan fingerprint density at radius 2 is 1.84 bits per heavy atom. The van der Waals surface area contributed by atoms with Gasteiger partial charge in [0.25, 0.3) is 0 Å². The maximum Gasteiger partial charge on any atom is 0.226 e. The number of rotatable bonds is 7. The van der Waals surface area contributed by atoms with Crippen LogP contribution in [0.3, 0.4) is 0 Å². The molecule has 5 nitrogen and oxygen atoms in total. The summed E-state index contributed by atoms with van der Waals surface area (Å²) in [7, 11) is 0. The Morgan fingerprint density at radius 1 is 1.16 bits per heavy atom. The predicted molar refractivity (Wildman–Crippen MR) is 99.7 cm³/mol. The number of hydrogen-bond acceptors (Lipinski definition) is 3. The summed E-state index contributed by atoms with van der Waals surface area (Å²) in [5, 5.41) is 2.90. The normalized spacial score (nSPS) is 15.3. The summed E-state index contributed by atoms with van der Waals surface area (Å²) in [5.41, 5.74) is 0.679. The molecule has 1 aromatic rings. The maximum atomic E-state index is 12.3. The Kier molecular flexibility index (Phi) is 7.76. The Balaban J connectivity index is 1.91. The molecule has 0 radical (unpaired) electrons. The molecule has 0 saturated heterocycles. The summed E-state index contributed by atoms with van der Waals surface area (Å²) in [6.45, 7) is 4.54. The molecule has 0 unspecified atom stereocenters. The molecule has 0 spiro atoms. The van der Waals surface area contributed by atoms with Gasteiger partial charge in [0.1, 0.15) is 5.75 Å². The fraction of sp³-hybridized carbons (Fsp3) is 0.600. The second-order valence-corrected chi connectivity index (χ2v) is 6.59. The predicted octanol–water partition coefficient (Wildman–Crippen LogP) is 3.99. The van der Waals surface area contributed by atoms with E-state index in [4.69, 9.17) is 4.74 Å². The molecule has 1 fully saturated rings. The molecule has 0 heterocycles. The largest absolute Gasteiger partial charge is 0.492 e. The van der Waals surface area contributed by atoms with Gasteiger partial charge in [-0.2, -0.15) is 0 Å². The average molecular weight is 346 g/mol. The molecule has 1 N–H and O–H groups in total. The first-order valence-electron chi connectivity index (χ1n) is 9.40. The first-order chi connectivity index (χ1) is 12.1. The van der Waals surface area contributed by atoms with Crippen molar-refractivity contribution in [1.82, 2.24) is 4.90 Å². The van der Waals surface area contributed by atoms with Gasteiger partial charge in [-0.3, -0.25) is 9.59 Å². The number of nitrogens with one attached hydrogen (secondary N) is 1. The Bertz CT molecular complexity index is 566. The van der Waals surface area contributed by atoms with E-state index in [1.54, 1.807) is 6.92 Å². The number of amides is 2. The van der Waals surface area contributed by atoms with Crippen molar-refractivity contribution < 1.29 is 14.3 Å². The van der Waals surface area contributed by atoms with Crippen molar-refractivity contribution in [3.8, 4) is 5.75 Å². The fourth-order valence-electron chi connectivity index (χ4n) is 3.45. The smallest absolute Gasteiger partial charge is 0.226 e. The summed E-state index contributed by atoms with van der Waals surface area (Å²) in [5.74, 6) is 0.645. The molecular formula is C20H30N2O3. The molecule has 1 aliphatic carbocycles. The average Bonchev–Trinajstić information content (AvgIpc) is 2.86. The molecule has 0 bridgehead atoms. The standard InChI is InChI=1S/C20H30N2O3/c1-3-25-19-13-9-8-12-18(19)21-20(24)14-15-22(16(2)23)17-10-6-4-5-7-11-17/h8-9,12-13,17H,3-7,10-11,14-15H2,1-2H3,(H,21,24). The fourth-order valence-corrected chi connectivity index (χ4v) is 3.45. The van der Waals surface area contributed by atoms with Crippen molar-refractivity contribution in [2.24, 2.45) is 0 Å². The van der Waals surface area contributed by atoms with Gasteiger partial charge in [0.15, 0.2) is 0 Å². The quantitative estimate of drug-likeness (QED) is 0.760. The molecule has 2 rings (SSSR count). The monoisotopic (exact) mass is 346 g/mol. The Labute approximate surface area is 150 Å². The topological polar surface area (TPSA) is 58.6 Å². The van der Waals surface area contributed by atoms with Crippen LogP contribution in [-0.4, -0.2) is 35.9 Å². The highest BCUT2D eigenvalue weighted by molar-refractivity contribution is 5.92. The number of para-hydroxylation sites is 2.